The van der Waals surface area contributed by atoms with E-state index in [2.05, 4.69) is 5.16 Å². The third-order valence-corrected chi connectivity index (χ3v) is 4.48. The van der Waals surface area contributed by atoms with Crippen molar-refractivity contribution in [2.24, 2.45) is 0 Å². The molecule has 0 aliphatic rings. The lowest BCUT2D eigenvalue weighted by atomic mass is 10.3. The van der Waals surface area contributed by atoms with Gasteiger partial charge >= 0.3 is 0 Å². The van der Waals surface area contributed by atoms with Crippen LogP contribution in [0.4, 0.5) is 8.78 Å². The first-order chi connectivity index (χ1) is 9.30. The summed E-state index contributed by atoms with van der Waals surface area (Å²) < 4.78 is 56.5. The molecule has 0 amide bonds. The number of hydrogen-bond acceptors (Lipinski definition) is 4. The van der Waals surface area contributed by atoms with Crippen molar-refractivity contribution in [2.75, 3.05) is 7.05 Å². The molecule has 0 aliphatic heterocycles. The Balaban J connectivity index is 2.29. The van der Waals surface area contributed by atoms with E-state index in [1.807, 2.05) is 0 Å². The number of hydrogen-bond donors (Lipinski definition) is 0. The van der Waals surface area contributed by atoms with Crippen LogP contribution < -0.4 is 0 Å². The van der Waals surface area contributed by atoms with Crippen LogP contribution in [0.5, 0.6) is 0 Å². The molecule has 8 heteroatoms. The highest BCUT2D eigenvalue weighted by atomic mass is 32.2. The highest BCUT2D eigenvalue weighted by molar-refractivity contribution is 7.89. The second kappa shape index (κ2) is 5.29. The van der Waals surface area contributed by atoms with Crippen LogP contribution in [0, 0.1) is 18.6 Å². The first-order valence-corrected chi connectivity index (χ1v) is 7.08. The molecule has 1 heterocycles. The molecular weight excluding hydrogens is 290 g/mol. The average molecular weight is 302 g/mol. The maximum absolute atomic E-state index is 13.6. The molecule has 0 spiro atoms. The molecular formula is C12H12F2N2O3S. The second-order valence-electron chi connectivity index (χ2n) is 4.26. The molecule has 0 radical (unpaired) electrons. The standard InChI is InChI=1S/C12H12F2N2O3S/c1-8-5-10(15-19-8)7-16(2)20(17,18)12-4-3-9(13)6-11(12)14/h3-6H,7H2,1-2H3. The summed E-state index contributed by atoms with van der Waals surface area (Å²) in [6.07, 6.45) is 0. The summed E-state index contributed by atoms with van der Waals surface area (Å²) in [5.41, 5.74) is 0.399. The summed E-state index contributed by atoms with van der Waals surface area (Å²) >= 11 is 0. The van der Waals surface area contributed by atoms with Crippen molar-refractivity contribution in [1.82, 2.24) is 9.46 Å². The number of halogens is 2. The van der Waals surface area contributed by atoms with Gasteiger partial charge in [-0.25, -0.2) is 17.2 Å². The molecule has 0 aliphatic carbocycles. The molecule has 0 atom stereocenters. The minimum absolute atomic E-state index is 0.0729. The Bertz CT molecular complexity index is 728. The Kier molecular flexibility index (Phi) is 3.87. The number of sulfonamides is 1. The molecule has 2 aromatic rings. The monoisotopic (exact) mass is 302 g/mol. The molecule has 0 saturated heterocycles. The third kappa shape index (κ3) is 2.86. The van der Waals surface area contributed by atoms with E-state index in [0.29, 0.717) is 17.5 Å². The minimum atomic E-state index is -4.07. The highest BCUT2D eigenvalue weighted by Crippen LogP contribution is 2.20. The predicted octanol–water partition coefficient (Wildman–Crippen LogP) is 2.08. The summed E-state index contributed by atoms with van der Waals surface area (Å²) in [6.45, 7) is 1.60. The molecule has 2 rings (SSSR count). The fraction of sp³-hybridized carbons (Fsp3) is 0.250. The smallest absolute Gasteiger partial charge is 0.246 e. The molecule has 1 aromatic carbocycles. The fourth-order valence-corrected chi connectivity index (χ4v) is 2.84. The van der Waals surface area contributed by atoms with E-state index in [9.17, 15) is 17.2 Å². The molecule has 0 saturated carbocycles. The molecule has 0 bridgehead atoms. The van der Waals surface area contributed by atoms with Gasteiger partial charge in [0.15, 0.2) is 0 Å². The lowest BCUT2D eigenvalue weighted by Crippen LogP contribution is -2.27. The van der Waals surface area contributed by atoms with Gasteiger partial charge in [-0.15, -0.1) is 0 Å². The van der Waals surface area contributed by atoms with E-state index in [1.165, 1.54) is 7.05 Å². The van der Waals surface area contributed by atoms with Crippen LogP contribution in [0.1, 0.15) is 11.5 Å². The molecule has 5 nitrogen and oxygen atoms in total. The van der Waals surface area contributed by atoms with Gasteiger partial charge in [-0.1, -0.05) is 5.16 Å². The third-order valence-electron chi connectivity index (χ3n) is 2.64. The van der Waals surface area contributed by atoms with Gasteiger partial charge in [0.25, 0.3) is 0 Å². The number of nitrogens with zero attached hydrogens (tertiary/aromatic N) is 2. The highest BCUT2D eigenvalue weighted by Gasteiger charge is 2.25. The molecule has 1 aromatic heterocycles. The van der Waals surface area contributed by atoms with Gasteiger partial charge in [0.1, 0.15) is 22.3 Å². The van der Waals surface area contributed by atoms with Gasteiger partial charge in [0.2, 0.25) is 10.0 Å². The van der Waals surface area contributed by atoms with Crippen LogP contribution in [-0.2, 0) is 16.6 Å². The van der Waals surface area contributed by atoms with Crippen LogP contribution in [-0.4, -0.2) is 24.9 Å². The van der Waals surface area contributed by atoms with Crippen molar-refractivity contribution in [3.63, 3.8) is 0 Å². The Labute approximate surface area is 114 Å². The normalized spacial score (nSPS) is 12.1. The van der Waals surface area contributed by atoms with Gasteiger partial charge in [-0.2, -0.15) is 4.31 Å². The largest absolute Gasteiger partial charge is 0.361 e. The van der Waals surface area contributed by atoms with Gasteiger partial charge in [0, 0.05) is 19.2 Å². The van der Waals surface area contributed by atoms with Gasteiger partial charge in [-0.3, -0.25) is 0 Å². The first-order valence-electron chi connectivity index (χ1n) is 5.64. The van der Waals surface area contributed by atoms with Crippen LogP contribution >= 0.6 is 0 Å². The fourth-order valence-electron chi connectivity index (χ4n) is 1.66. The Morgan fingerprint density at radius 1 is 1.30 bits per heavy atom. The van der Waals surface area contributed by atoms with Crippen molar-refractivity contribution in [1.29, 1.82) is 0 Å². The van der Waals surface area contributed by atoms with Gasteiger partial charge in [0.05, 0.1) is 12.2 Å². The Morgan fingerprint density at radius 2 is 2.00 bits per heavy atom. The molecule has 0 fully saturated rings. The lowest BCUT2D eigenvalue weighted by Gasteiger charge is -2.16. The summed E-state index contributed by atoms with van der Waals surface area (Å²) in [5, 5.41) is 3.66. The quantitative estimate of drug-likeness (QED) is 0.867. The van der Waals surface area contributed by atoms with Gasteiger partial charge < -0.3 is 4.52 Å². The van der Waals surface area contributed by atoms with Crippen molar-refractivity contribution >= 4 is 10.0 Å². The predicted molar refractivity (Wildman–Crippen MR) is 66.3 cm³/mol. The summed E-state index contributed by atoms with van der Waals surface area (Å²) in [5.74, 6) is -1.43. The topological polar surface area (TPSA) is 63.4 Å². The van der Waals surface area contributed by atoms with Crippen molar-refractivity contribution < 1.29 is 21.7 Å². The summed E-state index contributed by atoms with van der Waals surface area (Å²) in [6, 6.07) is 3.89. The maximum atomic E-state index is 13.6. The molecule has 20 heavy (non-hydrogen) atoms. The number of benzene rings is 1. The summed E-state index contributed by atoms with van der Waals surface area (Å²) in [7, 11) is -2.79. The Hall–Kier alpha value is -1.80. The Morgan fingerprint density at radius 3 is 2.55 bits per heavy atom. The zero-order valence-electron chi connectivity index (χ0n) is 10.8. The number of aryl methyl sites for hydroxylation is 1. The van der Waals surface area contributed by atoms with E-state index in [-0.39, 0.29) is 6.54 Å². The zero-order valence-corrected chi connectivity index (χ0v) is 11.6. The second-order valence-corrected chi connectivity index (χ2v) is 6.28. The van der Waals surface area contributed by atoms with Crippen LogP contribution in [0.2, 0.25) is 0 Å². The van der Waals surface area contributed by atoms with Gasteiger partial charge in [-0.05, 0) is 19.1 Å². The molecule has 0 unspecified atom stereocenters. The van der Waals surface area contributed by atoms with Crippen molar-refractivity contribution in [3.05, 3.63) is 47.4 Å². The van der Waals surface area contributed by atoms with Crippen molar-refractivity contribution in [2.45, 2.75) is 18.4 Å². The van der Waals surface area contributed by atoms with E-state index >= 15 is 0 Å². The average Bonchev–Trinajstić information content (AvgIpc) is 2.74. The molecule has 108 valence electrons. The number of aromatic nitrogens is 1. The lowest BCUT2D eigenvalue weighted by molar-refractivity contribution is 0.377. The molecule has 0 N–H and O–H groups in total. The van der Waals surface area contributed by atoms with Crippen LogP contribution in [0.25, 0.3) is 0 Å². The maximum Gasteiger partial charge on any atom is 0.246 e. The van der Waals surface area contributed by atoms with E-state index in [0.717, 1.165) is 16.4 Å². The number of rotatable bonds is 4. The van der Waals surface area contributed by atoms with E-state index < -0.39 is 26.6 Å². The van der Waals surface area contributed by atoms with E-state index in [1.54, 1.807) is 13.0 Å². The summed E-state index contributed by atoms with van der Waals surface area (Å²) in [4.78, 5) is -0.582. The zero-order chi connectivity index (χ0) is 14.9. The SMILES string of the molecule is Cc1cc(CN(C)S(=O)(=O)c2ccc(F)cc2F)no1. The first kappa shape index (κ1) is 14.6. The minimum Gasteiger partial charge on any atom is -0.361 e. The van der Waals surface area contributed by atoms with E-state index in [4.69, 9.17) is 4.52 Å². The van der Waals surface area contributed by atoms with Crippen LogP contribution in [0.3, 0.4) is 0 Å². The van der Waals surface area contributed by atoms with Crippen LogP contribution in [0.15, 0.2) is 33.7 Å². The van der Waals surface area contributed by atoms with Crippen molar-refractivity contribution in [3.8, 4) is 0 Å².